The molecule has 0 saturated carbocycles. The molecule has 1 unspecified atom stereocenters. The van der Waals surface area contributed by atoms with Crippen molar-refractivity contribution in [1.82, 2.24) is 0 Å². The van der Waals surface area contributed by atoms with Crippen LogP contribution in [0.4, 0.5) is 0 Å². The van der Waals surface area contributed by atoms with Gasteiger partial charge in [-0.15, -0.1) is 0 Å². The van der Waals surface area contributed by atoms with Crippen molar-refractivity contribution in [2.24, 2.45) is 9.98 Å². The van der Waals surface area contributed by atoms with E-state index in [1.165, 1.54) is 12.2 Å². The van der Waals surface area contributed by atoms with E-state index in [-0.39, 0.29) is 6.54 Å². The minimum absolute atomic E-state index is 0.221. The Morgan fingerprint density at radius 2 is 1.67 bits per heavy atom. The Morgan fingerprint density at radius 1 is 1.00 bits per heavy atom. The van der Waals surface area contributed by atoms with Gasteiger partial charge in [0.1, 0.15) is 5.75 Å². The molecular weight excluding hydrogens is 351 g/mol. The maximum atomic E-state index is 10.7. The van der Waals surface area contributed by atoms with Crippen molar-refractivity contribution in [1.29, 1.82) is 0 Å². The molecule has 0 aliphatic rings. The Labute approximate surface area is 148 Å². The van der Waals surface area contributed by atoms with Gasteiger partial charge in [-0.3, -0.25) is 0 Å². The second kappa shape index (κ2) is 8.44. The summed E-state index contributed by atoms with van der Waals surface area (Å²) in [4.78, 5) is 28.0. The Balaban J connectivity index is 2.21. The molecule has 7 heteroatoms. The van der Waals surface area contributed by atoms with E-state index in [9.17, 15) is 9.59 Å². The average Bonchev–Trinajstić information content (AvgIpc) is 2.59. The molecule has 0 aliphatic heterocycles. The molecule has 0 N–H and O–H groups in total. The standard InChI is InChI=1S/C17H12Cl2N2O3/c18-17(19,16(21-12-23)14-4-2-1-3-5-14)24-15-8-6-13(7-9-15)10-20-11-22/h1-9,16H,10H2. The highest BCUT2D eigenvalue weighted by Crippen LogP contribution is 2.40. The van der Waals surface area contributed by atoms with Gasteiger partial charge in [0.2, 0.25) is 12.2 Å². The molecule has 5 nitrogen and oxygen atoms in total. The lowest BCUT2D eigenvalue weighted by molar-refractivity contribution is 0.210. The Kier molecular flexibility index (Phi) is 6.30. The van der Waals surface area contributed by atoms with E-state index in [1.54, 1.807) is 48.5 Å². The van der Waals surface area contributed by atoms with Crippen molar-refractivity contribution in [3.05, 3.63) is 65.7 Å². The van der Waals surface area contributed by atoms with Gasteiger partial charge in [-0.05, 0) is 23.3 Å². The summed E-state index contributed by atoms with van der Waals surface area (Å²) in [5.41, 5.74) is 1.41. The molecule has 0 heterocycles. The molecule has 2 aromatic rings. The molecule has 2 aromatic carbocycles. The summed E-state index contributed by atoms with van der Waals surface area (Å²) in [6.07, 6.45) is 2.94. The first-order valence-corrected chi connectivity index (χ1v) is 7.63. The largest absolute Gasteiger partial charge is 0.455 e. The molecule has 0 amide bonds. The summed E-state index contributed by atoms with van der Waals surface area (Å²) >= 11 is 12.5. The summed E-state index contributed by atoms with van der Waals surface area (Å²) < 4.78 is 3.78. The lowest BCUT2D eigenvalue weighted by Crippen LogP contribution is -2.29. The molecule has 122 valence electrons. The monoisotopic (exact) mass is 362 g/mol. The number of hydrogen-bond donors (Lipinski definition) is 0. The van der Waals surface area contributed by atoms with E-state index in [1.807, 2.05) is 6.07 Å². The van der Waals surface area contributed by atoms with Crippen LogP contribution in [0.25, 0.3) is 0 Å². The van der Waals surface area contributed by atoms with Gasteiger partial charge in [-0.25, -0.2) is 14.6 Å². The summed E-state index contributed by atoms with van der Waals surface area (Å²) in [6.45, 7) is 0.221. The molecule has 0 saturated heterocycles. The number of alkyl halides is 2. The van der Waals surface area contributed by atoms with Crippen LogP contribution in [0.15, 0.2) is 64.6 Å². The molecule has 0 radical (unpaired) electrons. The van der Waals surface area contributed by atoms with Gasteiger partial charge in [0.05, 0.1) is 6.54 Å². The fourth-order valence-electron chi connectivity index (χ4n) is 2.03. The Morgan fingerprint density at radius 3 is 2.25 bits per heavy atom. The zero-order chi connectivity index (χ0) is 17.4. The molecule has 0 bridgehead atoms. The SMILES string of the molecule is O=C=NCc1ccc(OC(Cl)(Cl)C(N=C=O)c2ccccc2)cc1. The van der Waals surface area contributed by atoms with Crippen LogP contribution in [-0.4, -0.2) is 16.7 Å². The normalized spacial score (nSPS) is 11.8. The van der Waals surface area contributed by atoms with Crippen LogP contribution in [0.2, 0.25) is 0 Å². The predicted octanol–water partition coefficient (Wildman–Crippen LogP) is 4.11. The maximum absolute atomic E-state index is 10.7. The quantitative estimate of drug-likeness (QED) is 0.422. The highest BCUT2D eigenvalue weighted by molar-refractivity contribution is 6.48. The first-order valence-electron chi connectivity index (χ1n) is 6.88. The second-order valence-corrected chi connectivity index (χ2v) is 6.07. The third-order valence-electron chi connectivity index (χ3n) is 3.12. The predicted molar refractivity (Wildman–Crippen MR) is 90.6 cm³/mol. The van der Waals surface area contributed by atoms with Crippen LogP contribution < -0.4 is 4.74 Å². The van der Waals surface area contributed by atoms with Gasteiger partial charge in [-0.2, -0.15) is 4.99 Å². The molecule has 0 fully saturated rings. The van der Waals surface area contributed by atoms with Crippen molar-refractivity contribution in [2.45, 2.75) is 17.1 Å². The van der Waals surface area contributed by atoms with Crippen molar-refractivity contribution in [2.75, 3.05) is 0 Å². The minimum Gasteiger partial charge on any atom is -0.455 e. The highest BCUT2D eigenvalue weighted by Gasteiger charge is 2.39. The zero-order valence-corrected chi connectivity index (χ0v) is 13.9. The van der Waals surface area contributed by atoms with Crippen LogP contribution in [0, 0.1) is 0 Å². The van der Waals surface area contributed by atoms with E-state index >= 15 is 0 Å². The van der Waals surface area contributed by atoms with Crippen LogP contribution in [0.3, 0.4) is 0 Å². The Hall–Kier alpha value is -2.42. The van der Waals surface area contributed by atoms with Crippen molar-refractivity contribution in [3.8, 4) is 5.75 Å². The minimum atomic E-state index is -1.80. The topological polar surface area (TPSA) is 68.1 Å². The van der Waals surface area contributed by atoms with Gasteiger partial charge in [-0.1, -0.05) is 65.7 Å². The molecule has 0 aromatic heterocycles. The van der Waals surface area contributed by atoms with Crippen molar-refractivity contribution >= 4 is 35.4 Å². The van der Waals surface area contributed by atoms with Gasteiger partial charge in [0.15, 0.2) is 6.04 Å². The first kappa shape index (κ1) is 17.9. The number of isocyanates is 2. The van der Waals surface area contributed by atoms with E-state index < -0.39 is 10.6 Å². The van der Waals surface area contributed by atoms with Gasteiger partial charge >= 0.3 is 0 Å². The van der Waals surface area contributed by atoms with E-state index in [2.05, 4.69) is 9.98 Å². The summed E-state index contributed by atoms with van der Waals surface area (Å²) in [5, 5.41) is 0. The van der Waals surface area contributed by atoms with Crippen LogP contribution in [0.1, 0.15) is 17.2 Å². The molecular formula is C17H12Cl2N2O3. The van der Waals surface area contributed by atoms with E-state index in [0.29, 0.717) is 11.3 Å². The van der Waals surface area contributed by atoms with Gasteiger partial charge in [0.25, 0.3) is 4.52 Å². The van der Waals surface area contributed by atoms with Gasteiger partial charge < -0.3 is 4.74 Å². The van der Waals surface area contributed by atoms with E-state index in [4.69, 9.17) is 27.9 Å². The summed E-state index contributed by atoms with van der Waals surface area (Å²) in [5.74, 6) is 0.376. The average molecular weight is 363 g/mol. The summed E-state index contributed by atoms with van der Waals surface area (Å²) in [6, 6.07) is 14.5. The maximum Gasteiger partial charge on any atom is 0.285 e. The number of halogens is 2. The highest BCUT2D eigenvalue weighted by atomic mass is 35.5. The lowest BCUT2D eigenvalue weighted by atomic mass is 10.1. The van der Waals surface area contributed by atoms with Crippen molar-refractivity contribution < 1.29 is 14.3 Å². The second-order valence-electron chi connectivity index (χ2n) is 4.75. The number of ether oxygens (including phenoxy) is 1. The third kappa shape index (κ3) is 4.79. The smallest absolute Gasteiger partial charge is 0.285 e. The lowest BCUT2D eigenvalue weighted by Gasteiger charge is -2.27. The molecule has 2 rings (SSSR count). The molecule has 0 spiro atoms. The fraction of sp³-hybridized carbons (Fsp3) is 0.176. The van der Waals surface area contributed by atoms with Crippen LogP contribution in [0.5, 0.6) is 5.75 Å². The van der Waals surface area contributed by atoms with Gasteiger partial charge in [0, 0.05) is 0 Å². The van der Waals surface area contributed by atoms with Crippen LogP contribution in [-0.2, 0) is 16.1 Å². The van der Waals surface area contributed by atoms with Crippen molar-refractivity contribution in [3.63, 3.8) is 0 Å². The molecule has 24 heavy (non-hydrogen) atoms. The number of rotatable bonds is 7. The molecule has 0 aliphatic carbocycles. The number of nitrogens with zero attached hydrogens (tertiary/aromatic N) is 2. The fourth-order valence-corrected chi connectivity index (χ4v) is 2.56. The van der Waals surface area contributed by atoms with Crippen LogP contribution >= 0.6 is 23.2 Å². The zero-order valence-electron chi connectivity index (χ0n) is 12.4. The summed E-state index contributed by atoms with van der Waals surface area (Å²) in [7, 11) is 0. The number of aliphatic imine (C=N–C) groups is 2. The third-order valence-corrected chi connectivity index (χ3v) is 3.69. The number of hydrogen-bond acceptors (Lipinski definition) is 5. The number of benzene rings is 2. The first-order chi connectivity index (χ1) is 11.6. The Bertz CT molecular complexity index is 766. The van der Waals surface area contributed by atoms with E-state index in [0.717, 1.165) is 5.56 Å². The molecule has 1 atom stereocenters. The number of carbonyl (C=O) groups excluding carboxylic acids is 2.